The van der Waals surface area contributed by atoms with E-state index in [4.69, 9.17) is 31.1 Å². The first kappa shape index (κ1) is 20.5. The highest BCUT2D eigenvalue weighted by Gasteiger charge is 2.24. The van der Waals surface area contributed by atoms with Crippen molar-refractivity contribution in [1.29, 1.82) is 0 Å². The molecule has 0 fully saturated rings. The number of nitrogens with zero attached hydrogens (tertiary/aromatic N) is 4. The summed E-state index contributed by atoms with van der Waals surface area (Å²) in [5.74, 6) is 0.657. The monoisotopic (exact) mass is 425 g/mol. The van der Waals surface area contributed by atoms with Gasteiger partial charge in [0.25, 0.3) is 0 Å². The van der Waals surface area contributed by atoms with Crippen LogP contribution in [0.2, 0.25) is 5.15 Å². The van der Waals surface area contributed by atoms with Crippen LogP contribution in [0.5, 0.6) is 5.75 Å². The SMILES string of the molecule is CCOP(=O)(COc1ccc(Cn2cnc3c(Cl)nc(N)nc32)cc1)OCC. The standard InChI is InChI=1S/C17H21ClN5O4P/c1-3-26-28(24,27-4-2)11-25-13-7-5-12(6-8-13)9-23-10-20-14-15(18)21-17(19)22-16(14)23/h5-8,10H,3-4,9,11H2,1-2H3,(H2,19,21,22). The van der Waals surface area contributed by atoms with Gasteiger partial charge in [-0.25, -0.2) is 4.98 Å². The second-order valence-electron chi connectivity index (χ2n) is 5.78. The zero-order valence-corrected chi connectivity index (χ0v) is 17.2. The van der Waals surface area contributed by atoms with E-state index in [0.29, 0.717) is 23.5 Å². The Labute approximate surface area is 167 Å². The van der Waals surface area contributed by atoms with Crippen LogP contribution >= 0.6 is 19.2 Å². The molecule has 28 heavy (non-hydrogen) atoms. The maximum atomic E-state index is 12.4. The fourth-order valence-corrected chi connectivity index (χ4v) is 4.13. The predicted octanol–water partition coefficient (Wildman–Crippen LogP) is 3.71. The maximum Gasteiger partial charge on any atom is 0.367 e. The molecule has 0 bridgehead atoms. The maximum absolute atomic E-state index is 12.4. The summed E-state index contributed by atoms with van der Waals surface area (Å²) in [5, 5.41) is 0.220. The molecule has 0 aliphatic heterocycles. The molecule has 2 aromatic heterocycles. The summed E-state index contributed by atoms with van der Waals surface area (Å²) < 4.78 is 30.3. The number of hydrogen-bond donors (Lipinski definition) is 1. The Morgan fingerprint density at radius 3 is 2.46 bits per heavy atom. The lowest BCUT2D eigenvalue weighted by Crippen LogP contribution is -2.06. The van der Waals surface area contributed by atoms with Gasteiger partial charge in [-0.1, -0.05) is 23.7 Å². The van der Waals surface area contributed by atoms with E-state index < -0.39 is 7.60 Å². The lowest BCUT2D eigenvalue weighted by Gasteiger charge is -2.17. The topological polar surface area (TPSA) is 114 Å². The van der Waals surface area contributed by atoms with E-state index in [-0.39, 0.29) is 30.7 Å². The van der Waals surface area contributed by atoms with Gasteiger partial charge >= 0.3 is 7.60 Å². The van der Waals surface area contributed by atoms with Gasteiger partial charge < -0.3 is 24.1 Å². The second kappa shape index (κ2) is 8.87. The van der Waals surface area contributed by atoms with Crippen LogP contribution in [-0.4, -0.2) is 39.1 Å². The number of halogens is 1. The molecule has 2 N–H and O–H groups in total. The molecule has 0 spiro atoms. The lowest BCUT2D eigenvalue weighted by molar-refractivity contribution is 0.197. The van der Waals surface area contributed by atoms with Gasteiger partial charge in [-0.15, -0.1) is 0 Å². The molecule has 0 radical (unpaired) electrons. The Hall–Kier alpha value is -2.19. The van der Waals surface area contributed by atoms with Gasteiger partial charge in [0.15, 0.2) is 17.1 Å². The van der Waals surface area contributed by atoms with Crippen LogP contribution in [0.25, 0.3) is 11.2 Å². The molecule has 2 heterocycles. The molecule has 3 rings (SSSR count). The smallest absolute Gasteiger partial charge is 0.367 e. The van der Waals surface area contributed by atoms with Crippen molar-refractivity contribution in [3.63, 3.8) is 0 Å². The third-order valence-corrected chi connectivity index (χ3v) is 5.77. The highest BCUT2D eigenvalue weighted by atomic mass is 35.5. The summed E-state index contributed by atoms with van der Waals surface area (Å²) in [5.41, 5.74) is 7.71. The Morgan fingerprint density at radius 1 is 1.14 bits per heavy atom. The molecule has 0 amide bonds. The quantitative estimate of drug-likeness (QED) is 0.407. The minimum absolute atomic E-state index is 0.0935. The number of benzene rings is 1. The molecule has 0 aliphatic carbocycles. The molecule has 0 aliphatic rings. The van der Waals surface area contributed by atoms with Crippen LogP contribution in [0.15, 0.2) is 30.6 Å². The summed E-state index contributed by atoms with van der Waals surface area (Å²) in [6.07, 6.45) is 1.49. The molecule has 0 atom stereocenters. The van der Waals surface area contributed by atoms with Crippen LogP contribution in [0, 0.1) is 0 Å². The number of nitrogen functional groups attached to an aromatic ring is 1. The molecular weight excluding hydrogens is 405 g/mol. The number of hydrogen-bond acceptors (Lipinski definition) is 8. The summed E-state index contributed by atoms with van der Waals surface area (Å²) in [6.45, 7) is 4.60. The van der Waals surface area contributed by atoms with E-state index in [1.807, 2.05) is 16.7 Å². The first-order valence-corrected chi connectivity index (χ1v) is 10.8. The molecule has 150 valence electrons. The third kappa shape index (κ3) is 4.80. The van der Waals surface area contributed by atoms with Crippen LogP contribution < -0.4 is 10.5 Å². The van der Waals surface area contributed by atoms with Crippen molar-refractivity contribution in [2.24, 2.45) is 0 Å². The Kier molecular flexibility index (Phi) is 6.51. The van der Waals surface area contributed by atoms with Crippen molar-refractivity contribution in [1.82, 2.24) is 19.5 Å². The highest BCUT2D eigenvalue weighted by Crippen LogP contribution is 2.47. The highest BCUT2D eigenvalue weighted by molar-refractivity contribution is 7.53. The van der Waals surface area contributed by atoms with Crippen molar-refractivity contribution < 1.29 is 18.3 Å². The number of imidazole rings is 1. The summed E-state index contributed by atoms with van der Waals surface area (Å²) in [4.78, 5) is 12.3. The van der Waals surface area contributed by atoms with Gasteiger partial charge in [0, 0.05) is 0 Å². The fraction of sp³-hybridized carbons (Fsp3) is 0.353. The Balaban J connectivity index is 1.69. The molecule has 0 unspecified atom stereocenters. The van der Waals surface area contributed by atoms with Gasteiger partial charge in [-0.2, -0.15) is 9.97 Å². The average molecular weight is 426 g/mol. The van der Waals surface area contributed by atoms with Crippen molar-refractivity contribution in [3.8, 4) is 5.75 Å². The van der Waals surface area contributed by atoms with Gasteiger partial charge in [0.05, 0.1) is 26.1 Å². The van der Waals surface area contributed by atoms with E-state index in [1.165, 1.54) is 0 Å². The first-order valence-electron chi connectivity index (χ1n) is 8.68. The number of rotatable bonds is 9. The van der Waals surface area contributed by atoms with Crippen molar-refractivity contribution in [2.75, 3.05) is 25.3 Å². The second-order valence-corrected chi connectivity index (χ2v) is 8.14. The van der Waals surface area contributed by atoms with Crippen LogP contribution in [0.4, 0.5) is 5.95 Å². The first-order chi connectivity index (χ1) is 13.4. The number of nitrogens with two attached hydrogens (primary N) is 1. The minimum Gasteiger partial charge on any atom is -0.481 e. The largest absolute Gasteiger partial charge is 0.481 e. The molecule has 9 nitrogen and oxygen atoms in total. The van der Waals surface area contributed by atoms with Gasteiger partial charge in [0.1, 0.15) is 11.3 Å². The van der Waals surface area contributed by atoms with E-state index in [0.717, 1.165) is 5.56 Å². The number of fused-ring (bicyclic) bond motifs is 1. The lowest BCUT2D eigenvalue weighted by atomic mass is 10.2. The van der Waals surface area contributed by atoms with Gasteiger partial charge in [-0.05, 0) is 31.5 Å². The molecule has 0 saturated heterocycles. The van der Waals surface area contributed by atoms with Crippen LogP contribution in [-0.2, 0) is 20.2 Å². The van der Waals surface area contributed by atoms with E-state index >= 15 is 0 Å². The van der Waals surface area contributed by atoms with Crippen molar-refractivity contribution in [2.45, 2.75) is 20.4 Å². The Bertz CT molecular complexity index is 985. The average Bonchev–Trinajstić information content (AvgIpc) is 3.05. The predicted molar refractivity (Wildman–Crippen MR) is 107 cm³/mol. The van der Waals surface area contributed by atoms with E-state index in [9.17, 15) is 4.57 Å². The molecule has 1 aromatic carbocycles. The zero-order valence-electron chi connectivity index (χ0n) is 15.5. The number of ether oxygens (including phenoxy) is 1. The zero-order chi connectivity index (χ0) is 20.1. The van der Waals surface area contributed by atoms with Gasteiger partial charge in [0.2, 0.25) is 5.95 Å². The van der Waals surface area contributed by atoms with Crippen LogP contribution in [0.1, 0.15) is 19.4 Å². The van der Waals surface area contributed by atoms with E-state index in [2.05, 4.69) is 15.0 Å². The molecule has 3 aromatic rings. The number of anilines is 1. The normalized spacial score (nSPS) is 11.8. The summed E-state index contributed by atoms with van der Waals surface area (Å²) >= 11 is 6.05. The Morgan fingerprint density at radius 2 is 1.82 bits per heavy atom. The fourth-order valence-electron chi connectivity index (χ4n) is 2.59. The van der Waals surface area contributed by atoms with Crippen molar-refractivity contribution in [3.05, 3.63) is 41.3 Å². The third-order valence-electron chi connectivity index (χ3n) is 3.76. The molecule has 0 saturated carbocycles. The van der Waals surface area contributed by atoms with E-state index in [1.54, 1.807) is 32.3 Å². The summed E-state index contributed by atoms with van der Waals surface area (Å²) in [7, 11) is -3.25. The number of aromatic nitrogens is 4. The molecule has 11 heteroatoms. The molecular formula is C17H21ClN5O4P. The minimum atomic E-state index is -3.25. The summed E-state index contributed by atoms with van der Waals surface area (Å²) in [6, 6.07) is 7.35. The van der Waals surface area contributed by atoms with Gasteiger partial charge in [-0.3, -0.25) is 4.57 Å². The van der Waals surface area contributed by atoms with Crippen molar-refractivity contribution >= 4 is 36.3 Å². The van der Waals surface area contributed by atoms with Crippen LogP contribution in [0.3, 0.4) is 0 Å².